The number of aliphatic hydroxyl groups is 1. The highest BCUT2D eigenvalue weighted by Gasteiger charge is 2.62. The number of aromatic hydroxyl groups is 1. The molecule has 11 heteroatoms. The van der Waals surface area contributed by atoms with E-state index in [0.717, 1.165) is 0 Å². The topological polar surface area (TPSA) is 151 Å². The number of Topliss-reactive ketones (excluding diaryl/α,β-unsaturated/α-hetero) is 1. The minimum absolute atomic E-state index is 0.00787. The van der Waals surface area contributed by atoms with Gasteiger partial charge in [-0.05, 0) is 46.0 Å². The van der Waals surface area contributed by atoms with Crippen LogP contribution in [0.5, 0.6) is 5.75 Å². The maximum absolute atomic E-state index is 12.9. The van der Waals surface area contributed by atoms with E-state index in [4.69, 9.17) is 14.2 Å². The molecule has 1 saturated carbocycles. The number of nitrogens with one attached hydrogen (secondary N) is 3. The lowest BCUT2D eigenvalue weighted by molar-refractivity contribution is -0.433. The van der Waals surface area contributed by atoms with E-state index in [1.165, 1.54) is 12.3 Å². The second kappa shape index (κ2) is 9.00. The van der Waals surface area contributed by atoms with Crippen molar-refractivity contribution < 1.29 is 34.0 Å². The van der Waals surface area contributed by atoms with Crippen LogP contribution in [-0.2, 0) is 30.2 Å². The quantitative estimate of drug-likeness (QED) is 0.361. The Morgan fingerprint density at radius 3 is 2.69 bits per heavy atom. The maximum atomic E-state index is 12.9. The van der Waals surface area contributed by atoms with Gasteiger partial charge in [-0.25, -0.2) is 0 Å². The summed E-state index contributed by atoms with van der Waals surface area (Å²) < 4.78 is 17.9. The molecule has 3 fully saturated rings. The van der Waals surface area contributed by atoms with Crippen LogP contribution in [0.1, 0.15) is 25.5 Å². The van der Waals surface area contributed by atoms with Crippen molar-refractivity contribution in [1.29, 1.82) is 0 Å². The number of ketones is 1. The van der Waals surface area contributed by atoms with E-state index in [9.17, 15) is 19.8 Å². The molecule has 0 radical (unpaired) electrons. The summed E-state index contributed by atoms with van der Waals surface area (Å²) in [5.74, 6) is -2.49. The molecular weight excluding hydrogens is 420 g/mol. The van der Waals surface area contributed by atoms with Crippen LogP contribution in [0, 0.1) is 0 Å². The van der Waals surface area contributed by atoms with Gasteiger partial charge in [0, 0.05) is 11.7 Å². The Morgan fingerprint density at radius 1 is 1.25 bits per heavy atom. The third-order valence-electron chi connectivity index (χ3n) is 6.37. The number of carbonyl (C=O) groups excluding carboxylic acids is 2. The van der Waals surface area contributed by atoms with E-state index >= 15 is 0 Å². The van der Waals surface area contributed by atoms with E-state index in [1.54, 1.807) is 27.1 Å². The van der Waals surface area contributed by atoms with Crippen LogP contribution in [0.2, 0.25) is 0 Å². The first-order chi connectivity index (χ1) is 15.2. The number of amides is 1. The molecule has 4 rings (SSSR count). The molecule has 32 heavy (non-hydrogen) atoms. The minimum Gasteiger partial charge on any atom is -0.506 e. The van der Waals surface area contributed by atoms with E-state index in [-0.39, 0.29) is 36.0 Å². The SMILES string of the molecule is CN[C@H]1C[C@@H](NC)C(=O)[C@H]2O[C@@H]3O[C@H](C)C[C@@H](NC(=O)Cc4ccc(O)cn4)[C@]3(O)O[C@H]12. The highest BCUT2D eigenvalue weighted by Crippen LogP contribution is 2.40. The lowest BCUT2D eigenvalue weighted by Crippen LogP contribution is -2.76. The summed E-state index contributed by atoms with van der Waals surface area (Å²) in [4.78, 5) is 29.6. The molecule has 3 heterocycles. The fourth-order valence-electron chi connectivity index (χ4n) is 4.65. The molecule has 5 N–H and O–H groups in total. The molecule has 8 atom stereocenters. The standard InChI is InChI=1S/C21H30N4O7/c1-10-6-15(25-16(27)7-11-4-5-12(26)9-24-11)21(29)20(30-10)31-19-17(28)13(22-2)8-14(23-3)18(19)32-21/h4-5,9-10,13-15,18-20,22-23,26,29H,6-8H2,1-3H3,(H,25,27)/t10-,13-,14+,15-,18-,19-,20+,21+/m1/s1. The van der Waals surface area contributed by atoms with Gasteiger partial charge in [-0.15, -0.1) is 0 Å². The number of pyridine rings is 1. The zero-order chi connectivity index (χ0) is 23.0. The van der Waals surface area contributed by atoms with E-state index < -0.39 is 36.4 Å². The van der Waals surface area contributed by atoms with E-state index in [1.807, 2.05) is 0 Å². The second-order valence-corrected chi connectivity index (χ2v) is 8.58. The van der Waals surface area contributed by atoms with Gasteiger partial charge in [-0.2, -0.15) is 0 Å². The summed E-state index contributed by atoms with van der Waals surface area (Å²) in [6.45, 7) is 1.80. The van der Waals surface area contributed by atoms with Gasteiger partial charge in [0.2, 0.25) is 18.0 Å². The number of fused-ring (bicyclic) bond motifs is 2. The predicted molar refractivity (Wildman–Crippen MR) is 111 cm³/mol. The third-order valence-corrected chi connectivity index (χ3v) is 6.37. The molecule has 2 saturated heterocycles. The summed E-state index contributed by atoms with van der Waals surface area (Å²) in [6.07, 6.45) is -1.26. The molecule has 0 unspecified atom stereocenters. The molecule has 1 aromatic rings. The van der Waals surface area contributed by atoms with E-state index in [0.29, 0.717) is 18.5 Å². The zero-order valence-corrected chi connectivity index (χ0v) is 18.3. The number of hydrogen-bond acceptors (Lipinski definition) is 10. The highest BCUT2D eigenvalue weighted by atomic mass is 16.8. The van der Waals surface area contributed by atoms with Crippen molar-refractivity contribution in [3.05, 3.63) is 24.0 Å². The first-order valence-electron chi connectivity index (χ1n) is 10.8. The fourth-order valence-corrected chi connectivity index (χ4v) is 4.65. The first-order valence-corrected chi connectivity index (χ1v) is 10.8. The van der Waals surface area contributed by atoms with Crippen LogP contribution >= 0.6 is 0 Å². The Kier molecular flexibility index (Phi) is 6.48. The fraction of sp³-hybridized carbons (Fsp3) is 0.667. The predicted octanol–water partition coefficient (Wildman–Crippen LogP) is -1.43. The summed E-state index contributed by atoms with van der Waals surface area (Å²) in [5, 5.41) is 29.8. The number of aromatic nitrogens is 1. The number of likely N-dealkylation sites (N-methyl/N-ethyl adjacent to an activating group) is 2. The summed E-state index contributed by atoms with van der Waals surface area (Å²) in [6, 6.07) is 1.52. The largest absolute Gasteiger partial charge is 0.506 e. The summed E-state index contributed by atoms with van der Waals surface area (Å²) >= 11 is 0. The van der Waals surface area contributed by atoms with Gasteiger partial charge < -0.3 is 40.4 Å². The van der Waals surface area contributed by atoms with Crippen LogP contribution in [-0.4, -0.2) is 89.5 Å². The molecule has 0 bridgehead atoms. The van der Waals surface area contributed by atoms with Crippen molar-refractivity contribution in [2.75, 3.05) is 14.1 Å². The molecule has 1 amide bonds. The van der Waals surface area contributed by atoms with Gasteiger partial charge in [-0.1, -0.05) is 0 Å². The van der Waals surface area contributed by atoms with Crippen LogP contribution in [0.25, 0.3) is 0 Å². The second-order valence-electron chi connectivity index (χ2n) is 8.58. The van der Waals surface area contributed by atoms with Crippen molar-refractivity contribution in [3.63, 3.8) is 0 Å². The van der Waals surface area contributed by atoms with E-state index in [2.05, 4.69) is 20.9 Å². The molecule has 3 aliphatic rings. The smallest absolute Gasteiger partial charge is 0.239 e. The lowest BCUT2D eigenvalue weighted by Gasteiger charge is -2.55. The van der Waals surface area contributed by atoms with Gasteiger partial charge in [0.05, 0.1) is 30.8 Å². The number of rotatable bonds is 5. The molecule has 0 spiro atoms. The maximum Gasteiger partial charge on any atom is 0.239 e. The molecule has 1 aliphatic carbocycles. The van der Waals surface area contributed by atoms with Crippen LogP contribution < -0.4 is 16.0 Å². The van der Waals surface area contributed by atoms with Gasteiger partial charge in [0.25, 0.3) is 0 Å². The molecular formula is C21H30N4O7. The Hall–Kier alpha value is -2.15. The Balaban J connectivity index is 1.53. The Morgan fingerprint density at radius 2 is 2.03 bits per heavy atom. The molecule has 11 nitrogen and oxygen atoms in total. The molecule has 176 valence electrons. The van der Waals surface area contributed by atoms with Crippen LogP contribution in [0.3, 0.4) is 0 Å². The van der Waals surface area contributed by atoms with Crippen LogP contribution in [0.15, 0.2) is 18.3 Å². The number of ether oxygens (including phenoxy) is 3. The number of carbonyl (C=O) groups is 2. The Bertz CT molecular complexity index is 853. The Labute approximate surface area is 185 Å². The van der Waals surface area contributed by atoms with Crippen molar-refractivity contribution >= 4 is 11.7 Å². The van der Waals surface area contributed by atoms with Gasteiger partial charge >= 0.3 is 0 Å². The van der Waals surface area contributed by atoms with Crippen molar-refractivity contribution in [1.82, 2.24) is 20.9 Å². The van der Waals surface area contributed by atoms with Crippen molar-refractivity contribution in [3.8, 4) is 5.75 Å². The molecule has 1 aromatic heterocycles. The highest BCUT2D eigenvalue weighted by molar-refractivity contribution is 5.90. The van der Waals surface area contributed by atoms with Crippen molar-refractivity contribution in [2.24, 2.45) is 0 Å². The minimum atomic E-state index is -1.96. The lowest BCUT2D eigenvalue weighted by atomic mass is 9.83. The monoisotopic (exact) mass is 450 g/mol. The number of nitrogens with zero attached hydrogens (tertiary/aromatic N) is 1. The third kappa shape index (κ3) is 4.24. The molecule has 0 aromatic carbocycles. The number of hydrogen-bond donors (Lipinski definition) is 5. The average molecular weight is 450 g/mol. The van der Waals surface area contributed by atoms with Gasteiger partial charge in [-0.3, -0.25) is 14.6 Å². The average Bonchev–Trinajstić information content (AvgIpc) is 2.75. The summed E-state index contributed by atoms with van der Waals surface area (Å²) in [5.41, 5.74) is 0.469. The summed E-state index contributed by atoms with van der Waals surface area (Å²) in [7, 11) is 3.47. The van der Waals surface area contributed by atoms with Gasteiger partial charge in [0.15, 0.2) is 5.78 Å². The van der Waals surface area contributed by atoms with Gasteiger partial charge in [0.1, 0.15) is 18.0 Å². The molecule has 2 aliphatic heterocycles. The zero-order valence-electron chi connectivity index (χ0n) is 18.3. The normalized spacial score (nSPS) is 39.1. The van der Waals surface area contributed by atoms with Crippen LogP contribution in [0.4, 0.5) is 0 Å². The first kappa shape index (κ1) is 23.0. The van der Waals surface area contributed by atoms with Crippen molar-refractivity contribution in [2.45, 2.75) is 74.7 Å².